The first-order chi connectivity index (χ1) is 5.68. The lowest BCUT2D eigenvalue weighted by Gasteiger charge is -1.94. The van der Waals surface area contributed by atoms with Gasteiger partial charge >= 0.3 is 5.97 Å². The van der Waals surface area contributed by atoms with Gasteiger partial charge in [0.2, 0.25) is 0 Å². The fourth-order valence-corrected chi connectivity index (χ4v) is 1.60. The maximum absolute atomic E-state index is 11.0. The van der Waals surface area contributed by atoms with Crippen LogP contribution in [0.15, 0.2) is 22.8 Å². The van der Waals surface area contributed by atoms with Gasteiger partial charge in [0, 0.05) is 10.8 Å². The van der Waals surface area contributed by atoms with E-state index in [0.29, 0.717) is 5.76 Å². The van der Waals surface area contributed by atoms with Crippen molar-refractivity contribution in [2.24, 2.45) is 0 Å². The lowest BCUT2D eigenvalue weighted by Crippen LogP contribution is -2.10. The van der Waals surface area contributed by atoms with E-state index < -0.39 is 16.8 Å². The number of hydrogen-bond acceptors (Lipinski definition) is 3. The molecule has 0 aliphatic rings. The molecule has 12 heavy (non-hydrogen) atoms. The highest BCUT2D eigenvalue weighted by atomic mass is 32.2. The van der Waals surface area contributed by atoms with Crippen LogP contribution in [0.5, 0.6) is 0 Å². The van der Waals surface area contributed by atoms with Crippen molar-refractivity contribution in [2.45, 2.75) is 5.75 Å². The van der Waals surface area contributed by atoms with Crippen LogP contribution in [0.2, 0.25) is 0 Å². The summed E-state index contributed by atoms with van der Waals surface area (Å²) in [5.41, 5.74) is 0. The summed E-state index contributed by atoms with van der Waals surface area (Å²) < 4.78 is 15.9. The molecule has 0 spiro atoms. The fourth-order valence-electron chi connectivity index (χ4n) is 0.742. The molecule has 0 fully saturated rings. The third-order valence-electron chi connectivity index (χ3n) is 1.17. The van der Waals surface area contributed by atoms with Crippen molar-refractivity contribution < 1.29 is 18.5 Å². The minimum Gasteiger partial charge on any atom is -0.481 e. The van der Waals surface area contributed by atoms with Crippen molar-refractivity contribution in [2.75, 3.05) is 5.75 Å². The molecule has 0 aliphatic carbocycles. The number of rotatable bonds is 4. The molecule has 0 bridgehead atoms. The van der Waals surface area contributed by atoms with E-state index in [1.165, 1.54) is 6.26 Å². The number of carbonyl (C=O) groups is 1. The number of aliphatic carboxylic acids is 1. The molecule has 5 heteroatoms. The van der Waals surface area contributed by atoms with E-state index in [1.807, 2.05) is 0 Å². The summed E-state index contributed by atoms with van der Waals surface area (Å²) in [6.45, 7) is 0. The average Bonchev–Trinajstić information content (AvgIpc) is 2.37. The second kappa shape index (κ2) is 4.06. The van der Waals surface area contributed by atoms with Crippen LogP contribution in [0.3, 0.4) is 0 Å². The smallest absolute Gasteiger partial charge is 0.316 e. The summed E-state index contributed by atoms with van der Waals surface area (Å²) in [5, 5.41) is 8.29. The topological polar surface area (TPSA) is 67.5 Å². The Kier molecular flexibility index (Phi) is 3.04. The van der Waals surface area contributed by atoms with Crippen molar-refractivity contribution in [3.05, 3.63) is 24.2 Å². The summed E-state index contributed by atoms with van der Waals surface area (Å²) in [7, 11) is -1.37. The van der Waals surface area contributed by atoms with Crippen LogP contribution >= 0.6 is 0 Å². The second-order valence-corrected chi connectivity index (χ2v) is 3.66. The van der Waals surface area contributed by atoms with Gasteiger partial charge in [0.15, 0.2) is 0 Å². The molecule has 0 aliphatic heterocycles. The maximum Gasteiger partial charge on any atom is 0.316 e. The van der Waals surface area contributed by atoms with Gasteiger partial charge in [0.25, 0.3) is 0 Å². The Hall–Kier alpha value is -1.10. The Labute approximate surface area is 71.7 Å². The number of furan rings is 1. The van der Waals surface area contributed by atoms with Gasteiger partial charge in [-0.1, -0.05) is 0 Å². The van der Waals surface area contributed by atoms with Crippen molar-refractivity contribution in [3.63, 3.8) is 0 Å². The molecule has 1 unspecified atom stereocenters. The van der Waals surface area contributed by atoms with Crippen LogP contribution in [0.25, 0.3) is 0 Å². The molecule has 1 heterocycles. The zero-order valence-corrected chi connectivity index (χ0v) is 7.04. The molecule has 1 rings (SSSR count). The first-order valence-corrected chi connectivity index (χ1v) is 4.76. The van der Waals surface area contributed by atoms with E-state index in [4.69, 9.17) is 9.52 Å². The maximum atomic E-state index is 11.0. The Morgan fingerprint density at radius 3 is 2.92 bits per heavy atom. The molecule has 0 saturated carbocycles. The quantitative estimate of drug-likeness (QED) is 0.751. The molecule has 0 radical (unpaired) electrons. The predicted molar refractivity (Wildman–Crippen MR) is 43.1 cm³/mol. The highest BCUT2D eigenvalue weighted by molar-refractivity contribution is 7.84. The van der Waals surface area contributed by atoms with Crippen LogP contribution in [-0.2, 0) is 21.3 Å². The molecular formula is C7H8O4S. The lowest BCUT2D eigenvalue weighted by atomic mass is 10.5. The molecule has 0 saturated heterocycles. The molecule has 0 amide bonds. The van der Waals surface area contributed by atoms with Gasteiger partial charge < -0.3 is 9.52 Å². The van der Waals surface area contributed by atoms with E-state index in [0.717, 1.165) is 0 Å². The van der Waals surface area contributed by atoms with Crippen LogP contribution in [0.4, 0.5) is 0 Å². The van der Waals surface area contributed by atoms with Crippen molar-refractivity contribution in [1.29, 1.82) is 0 Å². The Balaban J connectivity index is 2.42. The van der Waals surface area contributed by atoms with E-state index in [9.17, 15) is 9.00 Å². The largest absolute Gasteiger partial charge is 0.481 e. The second-order valence-electron chi connectivity index (χ2n) is 2.20. The van der Waals surface area contributed by atoms with E-state index >= 15 is 0 Å². The van der Waals surface area contributed by atoms with Crippen LogP contribution in [0, 0.1) is 0 Å². The zero-order valence-electron chi connectivity index (χ0n) is 6.23. The van der Waals surface area contributed by atoms with Crippen LogP contribution < -0.4 is 0 Å². The normalized spacial score (nSPS) is 12.7. The third-order valence-corrected chi connectivity index (χ3v) is 2.34. The van der Waals surface area contributed by atoms with Gasteiger partial charge in [-0.05, 0) is 12.1 Å². The molecule has 66 valence electrons. The predicted octanol–water partition coefficient (Wildman–Crippen LogP) is 0.613. The van der Waals surface area contributed by atoms with Gasteiger partial charge in [0.1, 0.15) is 11.5 Å². The van der Waals surface area contributed by atoms with E-state index in [1.54, 1.807) is 12.1 Å². The Morgan fingerprint density at radius 2 is 2.42 bits per heavy atom. The molecule has 1 aromatic rings. The molecule has 1 aromatic heterocycles. The molecular weight excluding hydrogens is 180 g/mol. The van der Waals surface area contributed by atoms with Crippen molar-refractivity contribution >= 4 is 16.8 Å². The van der Waals surface area contributed by atoms with Gasteiger partial charge in [-0.15, -0.1) is 0 Å². The fraction of sp³-hybridized carbons (Fsp3) is 0.286. The summed E-state index contributed by atoms with van der Waals surface area (Å²) in [6, 6.07) is 3.34. The van der Waals surface area contributed by atoms with Crippen molar-refractivity contribution in [1.82, 2.24) is 0 Å². The summed E-state index contributed by atoms with van der Waals surface area (Å²) in [4.78, 5) is 10.1. The third kappa shape index (κ3) is 2.87. The highest BCUT2D eigenvalue weighted by Gasteiger charge is 2.07. The molecule has 1 N–H and O–H groups in total. The van der Waals surface area contributed by atoms with E-state index in [-0.39, 0.29) is 11.5 Å². The molecule has 0 aromatic carbocycles. The molecule has 1 atom stereocenters. The highest BCUT2D eigenvalue weighted by Crippen LogP contribution is 2.03. The Morgan fingerprint density at radius 1 is 1.67 bits per heavy atom. The number of hydrogen-bond donors (Lipinski definition) is 1. The average molecular weight is 188 g/mol. The van der Waals surface area contributed by atoms with Crippen LogP contribution in [-0.4, -0.2) is 21.0 Å². The number of carboxylic acid groups (broad SMARTS) is 1. The minimum absolute atomic E-state index is 0.166. The first kappa shape index (κ1) is 8.99. The van der Waals surface area contributed by atoms with Crippen molar-refractivity contribution in [3.8, 4) is 0 Å². The minimum atomic E-state index is -1.37. The van der Waals surface area contributed by atoms with E-state index in [2.05, 4.69) is 0 Å². The summed E-state index contributed by atoms with van der Waals surface area (Å²) in [6.07, 6.45) is 1.47. The van der Waals surface area contributed by atoms with Gasteiger partial charge in [0.05, 0.1) is 12.0 Å². The number of carboxylic acids is 1. The Bertz CT molecular complexity index is 278. The standard InChI is InChI=1S/C7H8O4S/c8-7(9)5-12(10)4-6-2-1-3-11-6/h1-3H,4-5H2,(H,8,9). The first-order valence-electron chi connectivity index (χ1n) is 3.27. The zero-order chi connectivity index (χ0) is 8.97. The molecule has 4 nitrogen and oxygen atoms in total. The monoisotopic (exact) mass is 188 g/mol. The van der Waals surface area contributed by atoms with Crippen LogP contribution in [0.1, 0.15) is 5.76 Å². The van der Waals surface area contributed by atoms with Gasteiger partial charge in [-0.25, -0.2) is 0 Å². The summed E-state index contributed by atoms with van der Waals surface area (Å²) in [5.74, 6) is -0.672. The van der Waals surface area contributed by atoms with Gasteiger partial charge in [-0.2, -0.15) is 0 Å². The SMILES string of the molecule is O=C(O)CS(=O)Cc1ccco1. The lowest BCUT2D eigenvalue weighted by molar-refractivity contribution is -0.133. The van der Waals surface area contributed by atoms with Gasteiger partial charge in [-0.3, -0.25) is 9.00 Å². The summed E-state index contributed by atoms with van der Waals surface area (Å²) >= 11 is 0.